The van der Waals surface area contributed by atoms with Crippen molar-refractivity contribution in [3.8, 4) is 0 Å². The average Bonchev–Trinajstić information content (AvgIpc) is 2.77. The Bertz CT molecular complexity index is 263. The van der Waals surface area contributed by atoms with Gasteiger partial charge in [-0.1, -0.05) is 0 Å². The Labute approximate surface area is 88.1 Å². The number of β-amino-alcohol motifs (C(OH)–C–C–N with tert-alkyl or cyclic N) is 1. The molecule has 2 unspecified atom stereocenters. The molecule has 3 N–H and O–H groups in total. The zero-order valence-electron chi connectivity index (χ0n) is 8.07. The van der Waals surface area contributed by atoms with Crippen LogP contribution in [0.4, 0.5) is 0 Å². The highest BCUT2D eigenvalue weighted by Gasteiger charge is 2.20. The van der Waals surface area contributed by atoms with Crippen LogP contribution in [0.1, 0.15) is 12.0 Å². The van der Waals surface area contributed by atoms with Gasteiger partial charge in [0.25, 0.3) is 0 Å². The Morgan fingerprint density at radius 1 is 1.64 bits per heavy atom. The minimum absolute atomic E-state index is 0.150. The van der Waals surface area contributed by atoms with Crippen LogP contribution in [0.25, 0.3) is 0 Å². The van der Waals surface area contributed by atoms with Gasteiger partial charge in [-0.05, 0) is 28.8 Å². The molecule has 2 heterocycles. The molecule has 0 saturated carbocycles. The molecule has 1 saturated heterocycles. The molecular formula is C10H16N2OS. The molecule has 1 aromatic heterocycles. The Hall–Kier alpha value is -0.420. The van der Waals surface area contributed by atoms with E-state index in [0.717, 1.165) is 26.1 Å². The second-order valence-corrected chi connectivity index (χ2v) is 4.54. The largest absolute Gasteiger partial charge is 0.392 e. The van der Waals surface area contributed by atoms with Crippen LogP contribution in [0.15, 0.2) is 16.8 Å². The molecule has 4 heteroatoms. The van der Waals surface area contributed by atoms with Crippen molar-refractivity contribution in [2.75, 3.05) is 13.1 Å². The third-order valence-corrected chi connectivity index (χ3v) is 3.23. The molecule has 0 radical (unpaired) electrons. The first-order valence-electron chi connectivity index (χ1n) is 4.98. The number of aliphatic hydroxyl groups is 1. The maximum absolute atomic E-state index is 9.29. The van der Waals surface area contributed by atoms with Crippen molar-refractivity contribution < 1.29 is 5.11 Å². The normalized spacial score (nSPS) is 26.9. The summed E-state index contributed by atoms with van der Waals surface area (Å²) in [5.74, 6) is 0. The fraction of sp³-hybridized carbons (Fsp3) is 0.600. The summed E-state index contributed by atoms with van der Waals surface area (Å²) >= 11 is 1.73. The van der Waals surface area contributed by atoms with E-state index in [-0.39, 0.29) is 6.10 Å². The summed E-state index contributed by atoms with van der Waals surface area (Å²) < 4.78 is 0. The van der Waals surface area contributed by atoms with Gasteiger partial charge in [-0.25, -0.2) is 0 Å². The van der Waals surface area contributed by atoms with Crippen LogP contribution in [0, 0.1) is 0 Å². The van der Waals surface area contributed by atoms with E-state index in [2.05, 4.69) is 27.5 Å². The van der Waals surface area contributed by atoms with Crippen LogP contribution >= 0.6 is 11.3 Å². The Morgan fingerprint density at radius 3 is 3.21 bits per heavy atom. The van der Waals surface area contributed by atoms with Crippen molar-refractivity contribution in [2.45, 2.75) is 25.1 Å². The highest BCUT2D eigenvalue weighted by molar-refractivity contribution is 7.07. The van der Waals surface area contributed by atoms with Gasteiger partial charge in [0.1, 0.15) is 0 Å². The lowest BCUT2D eigenvalue weighted by Gasteiger charge is -2.10. The van der Waals surface area contributed by atoms with Gasteiger partial charge in [-0.2, -0.15) is 11.3 Å². The van der Waals surface area contributed by atoms with E-state index in [9.17, 15) is 5.11 Å². The third-order valence-electron chi connectivity index (χ3n) is 2.50. The number of nitrogens with one attached hydrogen (secondary N) is 2. The SMILES string of the molecule is OC1CNC(CNCc2ccsc2)C1. The van der Waals surface area contributed by atoms with Crippen LogP contribution in [0.3, 0.4) is 0 Å². The van der Waals surface area contributed by atoms with E-state index >= 15 is 0 Å². The highest BCUT2D eigenvalue weighted by atomic mass is 32.1. The highest BCUT2D eigenvalue weighted by Crippen LogP contribution is 2.07. The quantitative estimate of drug-likeness (QED) is 0.683. The summed E-state index contributed by atoms with van der Waals surface area (Å²) in [6.07, 6.45) is 0.722. The van der Waals surface area contributed by atoms with E-state index in [0.29, 0.717) is 6.04 Å². The molecule has 0 amide bonds. The summed E-state index contributed by atoms with van der Waals surface area (Å²) in [5, 5.41) is 20.2. The molecule has 78 valence electrons. The van der Waals surface area contributed by atoms with Crippen molar-refractivity contribution in [3.63, 3.8) is 0 Å². The summed E-state index contributed by atoms with van der Waals surface area (Å²) in [6.45, 7) is 2.61. The molecule has 0 bridgehead atoms. The summed E-state index contributed by atoms with van der Waals surface area (Å²) in [5.41, 5.74) is 1.34. The summed E-state index contributed by atoms with van der Waals surface area (Å²) in [6, 6.07) is 2.57. The standard InChI is InChI=1S/C10H16N2OS/c13-10-3-9(12-6-10)5-11-4-8-1-2-14-7-8/h1-2,7,9-13H,3-6H2. The van der Waals surface area contributed by atoms with E-state index < -0.39 is 0 Å². The molecule has 0 aliphatic carbocycles. The van der Waals surface area contributed by atoms with Gasteiger partial charge >= 0.3 is 0 Å². The van der Waals surface area contributed by atoms with Crippen LogP contribution in [0.2, 0.25) is 0 Å². The first kappa shape index (κ1) is 10.1. The number of hydrogen-bond donors (Lipinski definition) is 3. The van der Waals surface area contributed by atoms with Crippen LogP contribution in [0.5, 0.6) is 0 Å². The smallest absolute Gasteiger partial charge is 0.0680 e. The van der Waals surface area contributed by atoms with Crippen LogP contribution in [-0.4, -0.2) is 30.3 Å². The maximum atomic E-state index is 9.29. The number of rotatable bonds is 4. The van der Waals surface area contributed by atoms with Gasteiger partial charge in [0.15, 0.2) is 0 Å². The van der Waals surface area contributed by atoms with E-state index in [1.54, 1.807) is 11.3 Å². The molecule has 1 aliphatic heterocycles. The molecule has 1 aromatic rings. The Kier molecular flexibility index (Phi) is 3.53. The van der Waals surface area contributed by atoms with Gasteiger partial charge in [0.05, 0.1) is 6.10 Å². The lowest BCUT2D eigenvalue weighted by atomic mass is 10.2. The molecule has 1 aliphatic rings. The zero-order valence-corrected chi connectivity index (χ0v) is 8.89. The minimum atomic E-state index is -0.150. The lowest BCUT2D eigenvalue weighted by Crippen LogP contribution is -2.33. The second-order valence-electron chi connectivity index (χ2n) is 3.76. The fourth-order valence-corrected chi connectivity index (χ4v) is 2.41. The van der Waals surface area contributed by atoms with E-state index in [1.165, 1.54) is 5.56 Å². The molecule has 14 heavy (non-hydrogen) atoms. The molecular weight excluding hydrogens is 196 g/mol. The van der Waals surface area contributed by atoms with Gasteiger partial charge in [0, 0.05) is 25.7 Å². The number of aliphatic hydroxyl groups excluding tert-OH is 1. The van der Waals surface area contributed by atoms with Crippen molar-refractivity contribution >= 4 is 11.3 Å². The number of hydrogen-bond acceptors (Lipinski definition) is 4. The molecule has 2 rings (SSSR count). The fourth-order valence-electron chi connectivity index (χ4n) is 1.74. The van der Waals surface area contributed by atoms with Crippen LogP contribution in [-0.2, 0) is 6.54 Å². The first-order chi connectivity index (χ1) is 6.84. The molecule has 1 fully saturated rings. The molecule has 0 aromatic carbocycles. The Morgan fingerprint density at radius 2 is 2.57 bits per heavy atom. The topological polar surface area (TPSA) is 44.3 Å². The summed E-state index contributed by atoms with van der Waals surface area (Å²) in [4.78, 5) is 0. The average molecular weight is 212 g/mol. The molecule has 3 nitrogen and oxygen atoms in total. The van der Waals surface area contributed by atoms with Gasteiger partial charge in [-0.3, -0.25) is 0 Å². The maximum Gasteiger partial charge on any atom is 0.0680 e. The van der Waals surface area contributed by atoms with Crippen LogP contribution < -0.4 is 10.6 Å². The number of thiophene rings is 1. The van der Waals surface area contributed by atoms with Gasteiger partial charge < -0.3 is 15.7 Å². The van der Waals surface area contributed by atoms with Gasteiger partial charge in [0.2, 0.25) is 0 Å². The lowest BCUT2D eigenvalue weighted by molar-refractivity contribution is 0.193. The van der Waals surface area contributed by atoms with Crippen molar-refractivity contribution in [1.82, 2.24) is 10.6 Å². The second kappa shape index (κ2) is 4.89. The first-order valence-corrected chi connectivity index (χ1v) is 5.92. The van der Waals surface area contributed by atoms with Gasteiger partial charge in [-0.15, -0.1) is 0 Å². The Balaban J connectivity index is 1.64. The predicted octanol–water partition coefficient (Wildman–Crippen LogP) is 0.560. The molecule has 2 atom stereocenters. The zero-order chi connectivity index (χ0) is 9.80. The monoisotopic (exact) mass is 212 g/mol. The molecule has 0 spiro atoms. The van der Waals surface area contributed by atoms with Crippen molar-refractivity contribution in [1.29, 1.82) is 0 Å². The summed E-state index contributed by atoms with van der Waals surface area (Å²) in [7, 11) is 0. The van der Waals surface area contributed by atoms with Crippen molar-refractivity contribution in [2.24, 2.45) is 0 Å². The minimum Gasteiger partial charge on any atom is -0.392 e. The predicted molar refractivity (Wildman–Crippen MR) is 58.4 cm³/mol. The van der Waals surface area contributed by atoms with Crippen molar-refractivity contribution in [3.05, 3.63) is 22.4 Å². The third kappa shape index (κ3) is 2.78. The van der Waals surface area contributed by atoms with E-state index in [4.69, 9.17) is 0 Å². The van der Waals surface area contributed by atoms with E-state index in [1.807, 2.05) is 0 Å².